The lowest BCUT2D eigenvalue weighted by molar-refractivity contribution is -0.00381. The van der Waals surface area contributed by atoms with Crippen LogP contribution >= 0.6 is 0 Å². The molecule has 0 radical (unpaired) electrons. The monoisotopic (exact) mass is 296 g/mol. The molecule has 22 heavy (non-hydrogen) atoms. The van der Waals surface area contributed by atoms with Gasteiger partial charge in [0.1, 0.15) is 5.60 Å². The Hall–Kier alpha value is -2.09. The summed E-state index contributed by atoms with van der Waals surface area (Å²) in [6.07, 6.45) is 0. The van der Waals surface area contributed by atoms with E-state index in [4.69, 9.17) is 4.74 Å². The maximum atomic E-state index is 12.4. The molecule has 0 heterocycles. The Balaban J connectivity index is 2.34. The summed E-state index contributed by atoms with van der Waals surface area (Å²) in [5, 5.41) is 0. The van der Waals surface area contributed by atoms with Gasteiger partial charge in [-0.2, -0.15) is 0 Å². The van der Waals surface area contributed by atoms with Gasteiger partial charge in [-0.15, -0.1) is 0 Å². The minimum absolute atomic E-state index is 0.00693. The molecule has 0 saturated carbocycles. The number of ether oxygens (including phenoxy) is 1. The van der Waals surface area contributed by atoms with Crippen molar-refractivity contribution in [2.24, 2.45) is 0 Å². The van der Waals surface area contributed by atoms with Crippen molar-refractivity contribution in [1.82, 2.24) is 0 Å². The average Bonchev–Trinajstić information content (AvgIpc) is 2.47. The molecule has 0 aromatic heterocycles. The molecule has 0 atom stereocenters. The molecule has 0 spiro atoms. The lowest BCUT2D eigenvalue weighted by atomic mass is 9.79. The number of carbonyl (C=O) groups is 1. The summed E-state index contributed by atoms with van der Waals surface area (Å²) in [7, 11) is 0. The zero-order valence-corrected chi connectivity index (χ0v) is 14.0. The zero-order chi connectivity index (χ0) is 16.4. The summed E-state index contributed by atoms with van der Waals surface area (Å²) < 4.78 is 5.81. The van der Waals surface area contributed by atoms with E-state index in [0.717, 1.165) is 5.56 Å². The van der Waals surface area contributed by atoms with E-state index in [0.29, 0.717) is 5.56 Å². The first-order valence-corrected chi connectivity index (χ1v) is 7.60. The highest BCUT2D eigenvalue weighted by molar-refractivity contribution is 5.89. The van der Waals surface area contributed by atoms with E-state index < -0.39 is 5.60 Å². The minimum atomic E-state index is -0.684. The second-order valence-corrected chi connectivity index (χ2v) is 7.06. The Morgan fingerprint density at radius 1 is 0.773 bits per heavy atom. The Kier molecular flexibility index (Phi) is 4.41. The van der Waals surface area contributed by atoms with Crippen molar-refractivity contribution in [3.8, 4) is 0 Å². The van der Waals surface area contributed by atoms with Crippen LogP contribution in [0.2, 0.25) is 0 Å². The lowest BCUT2D eigenvalue weighted by Crippen LogP contribution is -2.29. The second kappa shape index (κ2) is 5.96. The van der Waals surface area contributed by atoms with Crippen LogP contribution in [0, 0.1) is 0 Å². The molecule has 2 aromatic carbocycles. The first-order chi connectivity index (χ1) is 10.2. The highest BCUT2D eigenvalue weighted by Crippen LogP contribution is 2.35. The smallest absolute Gasteiger partial charge is 0.338 e. The van der Waals surface area contributed by atoms with Gasteiger partial charge in [-0.1, -0.05) is 63.2 Å². The summed E-state index contributed by atoms with van der Waals surface area (Å²) in [5.74, 6) is -0.297. The van der Waals surface area contributed by atoms with Crippen molar-refractivity contribution in [1.29, 1.82) is 0 Å². The SMILES string of the molecule is CC(C)(C)c1ccccc1C(C)(C)OC(=O)c1ccccc1. The molecular weight excluding hydrogens is 272 g/mol. The molecule has 0 saturated heterocycles. The molecule has 0 aliphatic rings. The molecule has 2 aromatic rings. The van der Waals surface area contributed by atoms with E-state index in [-0.39, 0.29) is 11.4 Å². The van der Waals surface area contributed by atoms with Gasteiger partial charge in [0.25, 0.3) is 0 Å². The predicted octanol–water partition coefficient (Wildman–Crippen LogP) is 5.08. The average molecular weight is 296 g/mol. The molecule has 116 valence electrons. The van der Waals surface area contributed by atoms with E-state index in [9.17, 15) is 4.79 Å². The van der Waals surface area contributed by atoms with Crippen LogP contribution in [0.5, 0.6) is 0 Å². The van der Waals surface area contributed by atoms with Crippen molar-refractivity contribution >= 4 is 5.97 Å². The van der Waals surface area contributed by atoms with Gasteiger partial charge < -0.3 is 4.74 Å². The van der Waals surface area contributed by atoms with Gasteiger partial charge >= 0.3 is 5.97 Å². The number of hydrogen-bond donors (Lipinski definition) is 0. The maximum Gasteiger partial charge on any atom is 0.338 e. The number of rotatable bonds is 3. The van der Waals surface area contributed by atoms with Gasteiger partial charge in [0.2, 0.25) is 0 Å². The Bertz CT molecular complexity index is 649. The van der Waals surface area contributed by atoms with Crippen LogP contribution in [0.1, 0.15) is 56.1 Å². The quantitative estimate of drug-likeness (QED) is 0.739. The fourth-order valence-electron chi connectivity index (χ4n) is 2.58. The molecule has 2 nitrogen and oxygen atoms in total. The van der Waals surface area contributed by atoms with Crippen molar-refractivity contribution in [3.05, 3.63) is 71.3 Å². The molecule has 0 fully saturated rings. The van der Waals surface area contributed by atoms with Crippen molar-refractivity contribution in [2.45, 2.75) is 45.6 Å². The third kappa shape index (κ3) is 3.56. The van der Waals surface area contributed by atoms with E-state index in [1.807, 2.05) is 50.2 Å². The molecule has 0 N–H and O–H groups in total. The number of carbonyl (C=O) groups excluding carboxylic acids is 1. The third-order valence-electron chi connectivity index (χ3n) is 3.74. The predicted molar refractivity (Wildman–Crippen MR) is 90.0 cm³/mol. The van der Waals surface area contributed by atoms with Crippen LogP contribution in [-0.4, -0.2) is 5.97 Å². The summed E-state index contributed by atoms with van der Waals surface area (Å²) in [4.78, 5) is 12.4. The first kappa shape index (κ1) is 16.3. The number of esters is 1. The molecule has 0 aliphatic heterocycles. The first-order valence-electron chi connectivity index (χ1n) is 7.60. The summed E-state index contributed by atoms with van der Waals surface area (Å²) in [6.45, 7) is 10.4. The molecule has 0 amide bonds. The summed E-state index contributed by atoms with van der Waals surface area (Å²) in [6, 6.07) is 17.3. The third-order valence-corrected chi connectivity index (χ3v) is 3.74. The molecule has 0 unspecified atom stereocenters. The van der Waals surface area contributed by atoms with Crippen molar-refractivity contribution in [3.63, 3.8) is 0 Å². The topological polar surface area (TPSA) is 26.3 Å². The normalized spacial score (nSPS) is 12.0. The van der Waals surface area contributed by atoms with E-state index in [1.165, 1.54) is 5.56 Å². The van der Waals surface area contributed by atoms with E-state index >= 15 is 0 Å². The lowest BCUT2D eigenvalue weighted by Gasteiger charge is -2.32. The molecule has 0 aliphatic carbocycles. The van der Waals surface area contributed by atoms with Crippen LogP contribution in [0.25, 0.3) is 0 Å². The molecular formula is C20H24O2. The molecule has 0 bridgehead atoms. The van der Waals surface area contributed by atoms with Gasteiger partial charge in [0, 0.05) is 0 Å². The fourth-order valence-corrected chi connectivity index (χ4v) is 2.58. The number of benzene rings is 2. The highest BCUT2D eigenvalue weighted by atomic mass is 16.6. The zero-order valence-electron chi connectivity index (χ0n) is 14.0. The van der Waals surface area contributed by atoms with Crippen LogP contribution in [-0.2, 0) is 15.8 Å². The maximum absolute atomic E-state index is 12.4. The highest BCUT2D eigenvalue weighted by Gasteiger charge is 2.31. The van der Waals surface area contributed by atoms with E-state index in [2.05, 4.69) is 26.8 Å². The van der Waals surface area contributed by atoms with Gasteiger partial charge in [-0.25, -0.2) is 4.79 Å². The van der Waals surface area contributed by atoms with Gasteiger partial charge in [-0.05, 0) is 42.5 Å². The number of hydrogen-bond acceptors (Lipinski definition) is 2. The van der Waals surface area contributed by atoms with Crippen LogP contribution in [0.3, 0.4) is 0 Å². The largest absolute Gasteiger partial charge is 0.451 e. The minimum Gasteiger partial charge on any atom is -0.451 e. The fraction of sp³-hybridized carbons (Fsp3) is 0.350. The van der Waals surface area contributed by atoms with Crippen molar-refractivity contribution in [2.75, 3.05) is 0 Å². The van der Waals surface area contributed by atoms with E-state index in [1.54, 1.807) is 12.1 Å². The Morgan fingerprint density at radius 3 is 1.82 bits per heavy atom. The second-order valence-electron chi connectivity index (χ2n) is 7.06. The standard InChI is InChI=1S/C20H24O2/c1-19(2,3)16-13-9-10-14-17(16)20(4,5)22-18(21)15-11-7-6-8-12-15/h6-14H,1-5H3. The Labute approximate surface area is 133 Å². The van der Waals surface area contributed by atoms with Gasteiger partial charge in [-0.3, -0.25) is 0 Å². The molecule has 2 rings (SSSR count). The Morgan fingerprint density at radius 2 is 1.27 bits per heavy atom. The van der Waals surface area contributed by atoms with Crippen molar-refractivity contribution < 1.29 is 9.53 Å². The van der Waals surface area contributed by atoms with Gasteiger partial charge in [0.05, 0.1) is 5.56 Å². The van der Waals surface area contributed by atoms with Crippen LogP contribution in [0.15, 0.2) is 54.6 Å². The van der Waals surface area contributed by atoms with Crippen LogP contribution in [0.4, 0.5) is 0 Å². The summed E-state index contributed by atoms with van der Waals surface area (Å²) >= 11 is 0. The van der Waals surface area contributed by atoms with Gasteiger partial charge in [0.15, 0.2) is 0 Å². The molecule has 2 heteroatoms. The summed E-state index contributed by atoms with van der Waals surface area (Å²) in [5.41, 5.74) is 2.13. The van der Waals surface area contributed by atoms with Crippen LogP contribution < -0.4 is 0 Å².